The van der Waals surface area contributed by atoms with Crippen LogP contribution in [-0.4, -0.2) is 205 Å². The highest BCUT2D eigenvalue weighted by atomic mass is 16.5. The molecule has 0 radical (unpaired) electrons. The summed E-state index contributed by atoms with van der Waals surface area (Å²) < 4.78 is 72.2. The van der Waals surface area contributed by atoms with E-state index in [2.05, 4.69) is 42.5 Å². The van der Waals surface area contributed by atoms with Crippen molar-refractivity contribution >= 4 is 71.1 Å². The molecule has 0 spiro atoms. The van der Waals surface area contributed by atoms with Gasteiger partial charge in [-0.05, 0) is 123 Å². The first kappa shape index (κ1) is 107. The van der Waals surface area contributed by atoms with Crippen molar-refractivity contribution in [1.29, 1.82) is 0 Å². The van der Waals surface area contributed by atoms with E-state index in [0.717, 1.165) is 0 Å². The van der Waals surface area contributed by atoms with Crippen molar-refractivity contribution in [2.75, 3.05) is 85.3 Å². The molecule has 0 fully saturated rings. The van der Waals surface area contributed by atoms with E-state index < -0.39 is 169 Å². The summed E-state index contributed by atoms with van der Waals surface area (Å²) in [4.78, 5) is 177. The number of amides is 8. The van der Waals surface area contributed by atoms with Crippen molar-refractivity contribution in [3.05, 3.63) is 93.0 Å². The number of carbonyl (C=O) groups is 12. The molecule has 4 aromatic rings. The number of rotatable bonds is 48. The van der Waals surface area contributed by atoms with Crippen LogP contribution in [0, 0.1) is 47.3 Å². The number of hydrogen-bond acceptors (Lipinski definition) is 24. The van der Waals surface area contributed by atoms with Crippen molar-refractivity contribution in [1.82, 2.24) is 42.5 Å². The van der Waals surface area contributed by atoms with E-state index in [1.54, 1.807) is 48.5 Å². The molecular weight excluding hydrogens is 1650 g/mol. The molecule has 8 bridgehead atoms. The average molecular weight is 1790 g/mol. The van der Waals surface area contributed by atoms with Gasteiger partial charge >= 0.3 is 23.9 Å². The number of methoxy groups -OCH3 is 12. The number of nitrogens with one attached hydrogen (secondary N) is 8. The molecule has 8 amide bonds. The Kier molecular flexibility index (Phi) is 43.0. The van der Waals surface area contributed by atoms with Crippen LogP contribution in [0.4, 0.5) is 0 Å². The molecule has 4 aromatic carbocycles. The first-order valence-electron chi connectivity index (χ1n) is 44.2. The molecule has 32 nitrogen and oxygen atoms in total. The largest absolute Gasteiger partial charge is 0.496 e. The minimum Gasteiger partial charge on any atom is -0.496 e. The third-order valence-corrected chi connectivity index (χ3v) is 22.4. The van der Waals surface area contributed by atoms with Gasteiger partial charge in [0.25, 0.3) is 0 Å². The fourth-order valence-corrected chi connectivity index (χ4v) is 16.5. The van der Waals surface area contributed by atoms with Crippen LogP contribution in [0.15, 0.2) is 48.5 Å². The molecular formula is C96H144N8O24. The molecule has 1 aliphatic rings. The second kappa shape index (κ2) is 51.2. The van der Waals surface area contributed by atoms with Crippen molar-refractivity contribution in [3.63, 3.8) is 0 Å². The fourth-order valence-electron chi connectivity index (χ4n) is 16.5. The van der Waals surface area contributed by atoms with Crippen LogP contribution in [0.2, 0.25) is 0 Å². The Morgan fingerprint density at radius 2 is 0.344 bits per heavy atom. The minimum absolute atomic E-state index is 0.0834. The smallest absolute Gasteiger partial charge is 0.328 e. The lowest BCUT2D eigenvalue weighted by atomic mass is 9.77. The van der Waals surface area contributed by atoms with Crippen LogP contribution >= 0.6 is 0 Å². The van der Waals surface area contributed by atoms with Gasteiger partial charge in [0.2, 0.25) is 47.3 Å². The number of fused-ring (bicyclic) bond motifs is 8. The molecule has 712 valence electrons. The lowest BCUT2D eigenvalue weighted by Crippen LogP contribution is -2.52. The number of benzene rings is 4. The van der Waals surface area contributed by atoms with Crippen LogP contribution in [0.25, 0.3) is 0 Å². The summed E-state index contributed by atoms with van der Waals surface area (Å²) in [7, 11) is 16.1. The predicted molar refractivity (Wildman–Crippen MR) is 483 cm³/mol. The Bertz CT molecular complexity index is 3790. The Balaban J connectivity index is 2.18. The summed E-state index contributed by atoms with van der Waals surface area (Å²) in [5.41, 5.74) is 1.79. The van der Waals surface area contributed by atoms with E-state index in [0.29, 0.717) is 0 Å². The van der Waals surface area contributed by atoms with E-state index >= 15 is 19.2 Å². The maximum atomic E-state index is 16.0. The van der Waals surface area contributed by atoms with Gasteiger partial charge in [0.05, 0.1) is 85.3 Å². The van der Waals surface area contributed by atoms with E-state index in [1.165, 1.54) is 85.3 Å². The van der Waals surface area contributed by atoms with Gasteiger partial charge < -0.3 is 99.4 Å². The SMILES string of the molecule is COC(=O)C(CC(C)C)NC(=O)C(CC(C)C)NC(=O)CC1c2cc(c(OC)cc2OC)C(CC(=O)NC(CC(C)C)C(=O)NC(CC(C)C)C(=O)OC)c2cc(c(OC)cc2OC)C(CC(=O)NC(CC(C)C)C(=O)NC(CC(C)C)C(=O)OC)c2cc(c(OC)cc2OC)C(CC(=O)NC(CC(C)C)C(=O)NC(CC(C)C)C(=O)OC)c2cc1c(OC)cc2OC. The molecule has 5 rings (SSSR count). The standard InChI is InChI=1S/C96H144N8O24/c1-49(2)29-69(89(109)101-73(33-53(9)10)93(113)125-25)97-85(105)41-57-61-37-63(79(119-19)45-77(61)117-17)58(42-86(106)98-70(30-50(3)4)90(110)102-74(34-54(11)12)94(114)126-26)65-39-67(83(123-23)47-81(65)121-21)60(44-88(108)100-72(32-52(7)8)92(112)104-76(36-56(15)16)96(116)128-28)68-40-66(82(122-22)48-84(68)124-24)59(64-38-62(57)78(118-18)46-80(64)120-20)43-87(107)99-71(31-51(5)6)91(111)103-75(35-55(13)14)95(115)127-27/h37-40,45-60,69-76H,29-36,41-44H2,1-28H3,(H,97,105)(H,98,106)(H,99,107)(H,100,108)(H,101,109)(H,102,110)(H,103,111)(H,104,112). The lowest BCUT2D eigenvalue weighted by Gasteiger charge is -2.32. The topological polar surface area (TPSA) is 412 Å². The Morgan fingerprint density at radius 3 is 0.461 bits per heavy atom. The summed E-state index contributed by atoms with van der Waals surface area (Å²) in [6, 6.07) is 3.65. The molecule has 1 aliphatic carbocycles. The van der Waals surface area contributed by atoms with Crippen LogP contribution < -0.4 is 80.4 Å². The monoisotopic (exact) mass is 1790 g/mol. The van der Waals surface area contributed by atoms with Crippen molar-refractivity contribution < 1.29 is 114 Å². The number of ether oxygens (including phenoxy) is 12. The highest BCUT2D eigenvalue weighted by molar-refractivity contribution is 5.95. The number of carbonyl (C=O) groups excluding carboxylic acids is 12. The molecule has 32 heteroatoms. The highest BCUT2D eigenvalue weighted by Gasteiger charge is 2.42. The second-order valence-corrected chi connectivity index (χ2v) is 36.2. The molecule has 8 N–H and O–H groups in total. The van der Waals surface area contributed by atoms with Crippen LogP contribution in [-0.2, 0) is 76.5 Å². The van der Waals surface area contributed by atoms with E-state index in [1.807, 2.05) is 111 Å². The van der Waals surface area contributed by atoms with E-state index in [9.17, 15) is 38.4 Å². The zero-order valence-corrected chi connectivity index (χ0v) is 80.4. The number of hydrogen-bond donors (Lipinski definition) is 8. The third-order valence-electron chi connectivity index (χ3n) is 22.4. The lowest BCUT2D eigenvalue weighted by molar-refractivity contribution is -0.146. The van der Waals surface area contributed by atoms with Crippen molar-refractivity contribution in [2.45, 2.75) is 260 Å². The van der Waals surface area contributed by atoms with E-state index in [-0.39, 0.29) is 189 Å². The zero-order valence-electron chi connectivity index (χ0n) is 80.4. The van der Waals surface area contributed by atoms with Gasteiger partial charge in [0.15, 0.2) is 0 Å². The Hall–Kier alpha value is -11.1. The minimum atomic E-state index is -1.30. The maximum Gasteiger partial charge on any atom is 0.328 e. The molecule has 0 saturated carbocycles. The average Bonchev–Trinajstić information content (AvgIpc) is 0.743. The van der Waals surface area contributed by atoms with Crippen molar-refractivity contribution in [3.8, 4) is 46.0 Å². The van der Waals surface area contributed by atoms with Gasteiger partial charge in [-0.3, -0.25) is 38.4 Å². The Labute approximate surface area is 756 Å². The first-order chi connectivity index (χ1) is 60.4. The Morgan fingerprint density at radius 1 is 0.211 bits per heavy atom. The highest BCUT2D eigenvalue weighted by Crippen LogP contribution is 2.53. The van der Waals surface area contributed by atoms with Crippen LogP contribution in [0.3, 0.4) is 0 Å². The summed E-state index contributed by atoms with van der Waals surface area (Å²) in [5, 5.41) is 23.5. The van der Waals surface area contributed by atoms with Gasteiger partial charge in [-0.2, -0.15) is 0 Å². The predicted octanol–water partition coefficient (Wildman–Crippen LogP) is 11.1. The van der Waals surface area contributed by atoms with E-state index in [4.69, 9.17) is 56.8 Å². The van der Waals surface area contributed by atoms with Gasteiger partial charge in [0.1, 0.15) is 94.3 Å². The second-order valence-electron chi connectivity index (χ2n) is 36.2. The van der Waals surface area contributed by atoms with Crippen LogP contribution in [0.1, 0.15) is 256 Å². The third kappa shape index (κ3) is 30.6. The quantitative estimate of drug-likeness (QED) is 0.0150. The molecule has 8 atom stereocenters. The van der Waals surface area contributed by atoms with Gasteiger partial charge in [-0.15, -0.1) is 0 Å². The molecule has 0 heterocycles. The molecule has 0 aromatic heterocycles. The number of esters is 4. The summed E-state index contributed by atoms with van der Waals surface area (Å²) in [5.74, 6) is -14.0. The van der Waals surface area contributed by atoms with Crippen LogP contribution in [0.5, 0.6) is 46.0 Å². The normalized spacial score (nSPS) is 16.1. The van der Waals surface area contributed by atoms with Gasteiger partial charge in [-0.1, -0.05) is 111 Å². The molecule has 0 aliphatic heterocycles. The molecule has 8 unspecified atom stereocenters. The molecule has 0 saturated heterocycles. The summed E-state index contributed by atoms with van der Waals surface area (Å²) in [6.45, 7) is 30.0. The summed E-state index contributed by atoms with van der Waals surface area (Å²) in [6.07, 6.45) is -1.09. The van der Waals surface area contributed by atoms with Gasteiger partial charge in [-0.25, -0.2) is 19.2 Å². The zero-order chi connectivity index (χ0) is 96.0. The van der Waals surface area contributed by atoms with Gasteiger partial charge in [0, 0.05) is 118 Å². The fraction of sp³-hybridized carbons (Fsp3) is 0.625. The summed E-state index contributed by atoms with van der Waals surface area (Å²) >= 11 is 0. The maximum absolute atomic E-state index is 16.0. The molecule has 128 heavy (non-hydrogen) atoms. The first-order valence-corrected chi connectivity index (χ1v) is 44.2. The van der Waals surface area contributed by atoms with Crippen molar-refractivity contribution in [2.24, 2.45) is 47.3 Å².